The molecule has 1 amide bonds. The number of rotatable bonds is 4. The minimum atomic E-state index is -0.739. The Morgan fingerprint density at radius 1 is 1.00 bits per heavy atom. The zero-order chi connectivity index (χ0) is 13.7. The Morgan fingerprint density at radius 2 is 1.42 bits per heavy atom. The van der Waals surface area contributed by atoms with Gasteiger partial charge in [-0.25, -0.2) is 5.84 Å². The van der Waals surface area contributed by atoms with Gasteiger partial charge in [0.1, 0.15) is 0 Å². The van der Waals surface area contributed by atoms with Crippen molar-refractivity contribution in [2.75, 3.05) is 0 Å². The number of nitrogens with one attached hydrogen (secondary N) is 1. The van der Waals surface area contributed by atoms with Crippen LogP contribution >= 0.6 is 0 Å². The summed E-state index contributed by atoms with van der Waals surface area (Å²) in [4.78, 5) is 12.4. The Bertz CT molecular complexity index is 498. The third-order valence-electron chi connectivity index (χ3n) is 3.58. The van der Waals surface area contributed by atoms with E-state index in [1.807, 2.05) is 67.6 Å². The quantitative estimate of drug-likeness (QED) is 0.500. The van der Waals surface area contributed by atoms with Crippen molar-refractivity contribution in [2.45, 2.75) is 18.8 Å². The molecule has 0 atom stereocenters. The van der Waals surface area contributed by atoms with E-state index in [1.165, 1.54) is 0 Å². The second kappa shape index (κ2) is 5.67. The molecular weight excluding hydrogens is 236 g/mol. The molecule has 0 saturated heterocycles. The lowest BCUT2D eigenvalue weighted by molar-refractivity contribution is -0.125. The number of hydrogen-bond donors (Lipinski definition) is 2. The molecule has 0 bridgehead atoms. The molecule has 3 N–H and O–H groups in total. The average Bonchev–Trinajstić information content (AvgIpc) is 2.50. The molecule has 0 aromatic heterocycles. The molecule has 0 unspecified atom stereocenters. The third-order valence-corrected chi connectivity index (χ3v) is 3.58. The Hall–Kier alpha value is -2.13. The average molecular weight is 254 g/mol. The topological polar surface area (TPSA) is 55.1 Å². The fraction of sp³-hybridized carbons (Fsp3) is 0.188. The van der Waals surface area contributed by atoms with E-state index >= 15 is 0 Å². The van der Waals surface area contributed by atoms with Crippen LogP contribution in [0.2, 0.25) is 0 Å². The normalized spacial score (nSPS) is 11.1. The Kier molecular flexibility index (Phi) is 3.97. The van der Waals surface area contributed by atoms with E-state index in [1.54, 1.807) is 0 Å². The van der Waals surface area contributed by atoms with Crippen molar-refractivity contribution in [2.24, 2.45) is 5.84 Å². The van der Waals surface area contributed by atoms with Crippen molar-refractivity contribution >= 4 is 5.91 Å². The van der Waals surface area contributed by atoms with Gasteiger partial charge in [-0.15, -0.1) is 0 Å². The molecule has 98 valence electrons. The molecule has 0 aliphatic heterocycles. The first-order valence-electron chi connectivity index (χ1n) is 6.37. The van der Waals surface area contributed by atoms with Gasteiger partial charge < -0.3 is 0 Å². The largest absolute Gasteiger partial charge is 0.293 e. The van der Waals surface area contributed by atoms with Crippen molar-refractivity contribution in [3.05, 3.63) is 71.8 Å². The van der Waals surface area contributed by atoms with Crippen molar-refractivity contribution in [3.8, 4) is 0 Å². The molecule has 0 fully saturated rings. The van der Waals surface area contributed by atoms with E-state index in [9.17, 15) is 4.79 Å². The van der Waals surface area contributed by atoms with Crippen LogP contribution in [-0.2, 0) is 10.2 Å². The summed E-state index contributed by atoms with van der Waals surface area (Å²) < 4.78 is 0. The molecule has 2 aromatic rings. The molecule has 3 heteroatoms. The first-order valence-corrected chi connectivity index (χ1v) is 6.37. The Balaban J connectivity index is 2.66. The summed E-state index contributed by atoms with van der Waals surface area (Å²) in [6, 6.07) is 19.5. The first kappa shape index (κ1) is 13.3. The van der Waals surface area contributed by atoms with E-state index < -0.39 is 5.41 Å². The van der Waals surface area contributed by atoms with Crippen LogP contribution < -0.4 is 11.3 Å². The van der Waals surface area contributed by atoms with Gasteiger partial charge in [-0.3, -0.25) is 10.2 Å². The highest BCUT2D eigenvalue weighted by Crippen LogP contribution is 2.35. The van der Waals surface area contributed by atoms with Crippen LogP contribution in [0.25, 0.3) is 0 Å². The van der Waals surface area contributed by atoms with E-state index in [0.717, 1.165) is 11.1 Å². The highest BCUT2D eigenvalue weighted by molar-refractivity contribution is 5.91. The van der Waals surface area contributed by atoms with Crippen molar-refractivity contribution in [1.82, 2.24) is 5.43 Å². The van der Waals surface area contributed by atoms with Crippen LogP contribution in [0.15, 0.2) is 60.7 Å². The molecule has 2 rings (SSSR count). The molecule has 0 heterocycles. The van der Waals surface area contributed by atoms with Crippen LogP contribution in [0, 0.1) is 0 Å². The number of amides is 1. The van der Waals surface area contributed by atoms with Crippen LogP contribution in [0.1, 0.15) is 24.5 Å². The number of hydrogen-bond acceptors (Lipinski definition) is 2. The second-order valence-electron chi connectivity index (χ2n) is 4.46. The predicted molar refractivity (Wildman–Crippen MR) is 76.3 cm³/mol. The van der Waals surface area contributed by atoms with Crippen LogP contribution in [0.3, 0.4) is 0 Å². The summed E-state index contributed by atoms with van der Waals surface area (Å²) in [5.41, 5.74) is 3.48. The monoisotopic (exact) mass is 254 g/mol. The van der Waals surface area contributed by atoms with E-state index in [4.69, 9.17) is 5.84 Å². The Labute approximate surface area is 113 Å². The molecule has 3 nitrogen and oxygen atoms in total. The summed E-state index contributed by atoms with van der Waals surface area (Å²) in [5.74, 6) is 5.22. The van der Waals surface area contributed by atoms with Gasteiger partial charge in [0.15, 0.2) is 0 Å². The van der Waals surface area contributed by atoms with Gasteiger partial charge in [0.05, 0.1) is 5.41 Å². The summed E-state index contributed by atoms with van der Waals surface area (Å²) in [6.07, 6.45) is 0.643. The van der Waals surface area contributed by atoms with Crippen LogP contribution in [0.4, 0.5) is 0 Å². The highest BCUT2D eigenvalue weighted by atomic mass is 16.2. The summed E-state index contributed by atoms with van der Waals surface area (Å²) in [6.45, 7) is 2.00. The molecule has 2 aromatic carbocycles. The molecule has 0 aliphatic carbocycles. The van der Waals surface area contributed by atoms with Gasteiger partial charge >= 0.3 is 0 Å². The Morgan fingerprint density at radius 3 is 1.74 bits per heavy atom. The maximum Gasteiger partial charge on any atom is 0.248 e. The molecule has 0 radical (unpaired) electrons. The van der Waals surface area contributed by atoms with Crippen molar-refractivity contribution in [3.63, 3.8) is 0 Å². The maximum atomic E-state index is 12.4. The number of nitrogens with two attached hydrogens (primary N) is 1. The lowest BCUT2D eigenvalue weighted by Crippen LogP contribution is -2.47. The van der Waals surface area contributed by atoms with Gasteiger partial charge in [-0.2, -0.15) is 0 Å². The second-order valence-corrected chi connectivity index (χ2v) is 4.46. The SMILES string of the molecule is CCC(C(=O)NN)(c1ccccc1)c1ccccc1. The number of hydrazine groups is 1. The first-order chi connectivity index (χ1) is 9.25. The molecule has 0 saturated carbocycles. The van der Waals surface area contributed by atoms with Crippen molar-refractivity contribution in [1.29, 1.82) is 0 Å². The fourth-order valence-corrected chi connectivity index (χ4v) is 2.57. The molecule has 19 heavy (non-hydrogen) atoms. The lowest BCUT2D eigenvalue weighted by atomic mass is 9.72. The molecule has 0 aliphatic rings. The van der Waals surface area contributed by atoms with Crippen LogP contribution in [-0.4, -0.2) is 5.91 Å². The fourth-order valence-electron chi connectivity index (χ4n) is 2.57. The van der Waals surface area contributed by atoms with E-state index in [-0.39, 0.29) is 5.91 Å². The van der Waals surface area contributed by atoms with Crippen molar-refractivity contribution < 1.29 is 4.79 Å². The summed E-state index contributed by atoms with van der Waals surface area (Å²) in [7, 11) is 0. The third kappa shape index (κ3) is 2.25. The predicted octanol–water partition coefficient (Wildman–Crippen LogP) is 2.37. The highest BCUT2D eigenvalue weighted by Gasteiger charge is 2.39. The van der Waals surface area contributed by atoms with Gasteiger partial charge in [-0.05, 0) is 17.5 Å². The zero-order valence-corrected chi connectivity index (χ0v) is 11.0. The molecular formula is C16H18N2O. The van der Waals surface area contributed by atoms with Gasteiger partial charge in [0.2, 0.25) is 5.91 Å². The summed E-state index contributed by atoms with van der Waals surface area (Å²) >= 11 is 0. The number of carbonyl (C=O) groups excluding carboxylic acids is 1. The molecule has 0 spiro atoms. The maximum absolute atomic E-state index is 12.4. The minimum Gasteiger partial charge on any atom is -0.293 e. The standard InChI is InChI=1S/C16H18N2O/c1-2-16(15(19)18-17,13-9-5-3-6-10-13)14-11-7-4-8-12-14/h3-12H,2,17H2,1H3,(H,18,19). The van der Waals surface area contributed by atoms with E-state index in [0.29, 0.717) is 6.42 Å². The minimum absolute atomic E-state index is 0.188. The number of carbonyl (C=O) groups is 1. The lowest BCUT2D eigenvalue weighted by Gasteiger charge is -2.31. The van der Waals surface area contributed by atoms with Gasteiger partial charge in [-0.1, -0.05) is 67.6 Å². The van der Waals surface area contributed by atoms with Crippen LogP contribution in [0.5, 0.6) is 0 Å². The van der Waals surface area contributed by atoms with Gasteiger partial charge in [0.25, 0.3) is 0 Å². The summed E-state index contributed by atoms with van der Waals surface area (Å²) in [5, 5.41) is 0. The van der Waals surface area contributed by atoms with Gasteiger partial charge in [0, 0.05) is 0 Å². The zero-order valence-electron chi connectivity index (χ0n) is 11.0. The van der Waals surface area contributed by atoms with E-state index in [2.05, 4.69) is 5.43 Å². The smallest absolute Gasteiger partial charge is 0.248 e. The number of benzene rings is 2.